The van der Waals surface area contributed by atoms with Crippen molar-refractivity contribution in [2.24, 2.45) is 0 Å². The molecule has 0 saturated carbocycles. The normalized spacial score (nSPS) is 19.9. The molecular formula is C9H10Cl4N4O. The average Bonchev–Trinajstić information content (AvgIpc) is 2.74. The van der Waals surface area contributed by atoms with Crippen LogP contribution in [0.5, 0.6) is 5.88 Å². The summed E-state index contributed by atoms with van der Waals surface area (Å²) in [5.41, 5.74) is 0. The van der Waals surface area contributed by atoms with Gasteiger partial charge in [-0.25, -0.2) is 4.98 Å². The first kappa shape index (κ1) is 14.2. The summed E-state index contributed by atoms with van der Waals surface area (Å²) in [6.07, 6.45) is 2.39. The zero-order chi connectivity index (χ0) is 13.2. The predicted octanol–water partition coefficient (Wildman–Crippen LogP) is 2.61. The fraction of sp³-hybridized carbons (Fsp3) is 0.556. The van der Waals surface area contributed by atoms with Crippen molar-refractivity contribution in [3.05, 3.63) is 11.2 Å². The van der Waals surface area contributed by atoms with Crippen molar-refractivity contribution < 1.29 is 4.74 Å². The van der Waals surface area contributed by atoms with Crippen LogP contribution < -0.4 is 15.4 Å². The van der Waals surface area contributed by atoms with E-state index >= 15 is 0 Å². The molecule has 9 heteroatoms. The number of hydrogen-bond donors (Lipinski definition) is 2. The zero-order valence-corrected chi connectivity index (χ0v) is 12.1. The number of alkyl halides is 3. The predicted molar refractivity (Wildman–Crippen MR) is 72.9 cm³/mol. The molecule has 0 bridgehead atoms. The highest BCUT2D eigenvalue weighted by Gasteiger charge is 2.25. The van der Waals surface area contributed by atoms with Gasteiger partial charge in [-0.1, -0.05) is 11.6 Å². The Morgan fingerprint density at radius 1 is 1.44 bits per heavy atom. The third-order valence-corrected chi connectivity index (χ3v) is 2.81. The number of anilines is 1. The summed E-state index contributed by atoms with van der Waals surface area (Å²) in [7, 11) is 0. The third-order valence-electron chi connectivity index (χ3n) is 2.32. The van der Waals surface area contributed by atoms with Crippen LogP contribution in [0.2, 0.25) is 5.02 Å². The maximum absolute atomic E-state index is 5.85. The number of ether oxygens (including phenoxy) is 1. The van der Waals surface area contributed by atoms with E-state index in [9.17, 15) is 0 Å². The Morgan fingerprint density at radius 2 is 2.22 bits per heavy atom. The van der Waals surface area contributed by atoms with Gasteiger partial charge < -0.3 is 15.4 Å². The van der Waals surface area contributed by atoms with E-state index in [0.717, 1.165) is 19.5 Å². The van der Waals surface area contributed by atoms with Gasteiger partial charge in [0.25, 0.3) is 0 Å². The summed E-state index contributed by atoms with van der Waals surface area (Å²) < 4.78 is 3.08. The lowest BCUT2D eigenvalue weighted by molar-refractivity contribution is 0.307. The van der Waals surface area contributed by atoms with Crippen LogP contribution in [0.25, 0.3) is 0 Å². The molecule has 1 aliphatic heterocycles. The van der Waals surface area contributed by atoms with Crippen LogP contribution in [0.3, 0.4) is 0 Å². The Morgan fingerprint density at radius 3 is 2.83 bits per heavy atom. The minimum atomic E-state index is -1.91. The lowest BCUT2D eigenvalue weighted by Crippen LogP contribution is -2.23. The summed E-state index contributed by atoms with van der Waals surface area (Å²) in [4.78, 5) is 8.10. The molecule has 1 atom stereocenters. The fourth-order valence-corrected chi connectivity index (χ4v) is 1.91. The van der Waals surface area contributed by atoms with Crippen molar-refractivity contribution in [3.8, 4) is 5.88 Å². The molecular weight excluding hydrogens is 322 g/mol. The Hall–Kier alpha value is -0.200. The molecule has 0 radical (unpaired) electrons. The second-order valence-corrected chi connectivity index (χ2v) is 6.31. The summed E-state index contributed by atoms with van der Waals surface area (Å²) in [6, 6.07) is 0.270. The second kappa shape index (κ2) is 5.84. The summed E-state index contributed by atoms with van der Waals surface area (Å²) in [5, 5.41) is 6.54. The maximum Gasteiger partial charge on any atom is 0.339 e. The van der Waals surface area contributed by atoms with E-state index in [1.807, 2.05) is 0 Å². The summed E-state index contributed by atoms with van der Waals surface area (Å²) in [5.74, 6) is 0.414. The highest BCUT2D eigenvalue weighted by Crippen LogP contribution is 2.33. The molecule has 0 spiro atoms. The van der Waals surface area contributed by atoms with E-state index in [1.165, 1.54) is 6.20 Å². The van der Waals surface area contributed by atoms with Gasteiger partial charge in [-0.05, 0) is 47.8 Å². The Kier molecular flexibility index (Phi) is 4.61. The van der Waals surface area contributed by atoms with Gasteiger partial charge in [-0.15, -0.1) is 0 Å². The molecule has 2 heterocycles. The Labute approximate surface area is 124 Å². The average molecular weight is 332 g/mol. The number of rotatable bonds is 3. The highest BCUT2D eigenvalue weighted by molar-refractivity contribution is 6.66. The van der Waals surface area contributed by atoms with Crippen molar-refractivity contribution in [2.75, 3.05) is 18.4 Å². The van der Waals surface area contributed by atoms with Crippen LogP contribution in [0.1, 0.15) is 6.42 Å². The molecule has 18 heavy (non-hydrogen) atoms. The molecule has 1 aromatic heterocycles. The first-order valence-corrected chi connectivity index (χ1v) is 6.71. The molecule has 100 valence electrons. The molecule has 0 aliphatic carbocycles. The molecule has 1 saturated heterocycles. The largest absolute Gasteiger partial charge is 0.426 e. The monoisotopic (exact) mass is 330 g/mol. The van der Waals surface area contributed by atoms with Gasteiger partial charge in [0.05, 0.1) is 6.20 Å². The molecule has 1 aliphatic rings. The molecule has 5 nitrogen and oxygen atoms in total. The lowest BCUT2D eigenvalue weighted by atomic mass is 10.3. The van der Waals surface area contributed by atoms with Crippen molar-refractivity contribution in [1.82, 2.24) is 15.3 Å². The fourth-order valence-electron chi connectivity index (χ4n) is 1.56. The molecule has 0 amide bonds. The van der Waals surface area contributed by atoms with Crippen LogP contribution in [0.4, 0.5) is 5.95 Å². The van der Waals surface area contributed by atoms with Crippen molar-refractivity contribution in [1.29, 1.82) is 0 Å². The quantitative estimate of drug-likeness (QED) is 0.834. The van der Waals surface area contributed by atoms with Crippen molar-refractivity contribution in [2.45, 2.75) is 16.4 Å². The molecule has 2 rings (SSSR count). The van der Waals surface area contributed by atoms with Crippen LogP contribution in [0, 0.1) is 0 Å². The van der Waals surface area contributed by atoms with Crippen LogP contribution in [0.15, 0.2) is 6.20 Å². The van der Waals surface area contributed by atoms with Gasteiger partial charge in [-0.3, -0.25) is 0 Å². The van der Waals surface area contributed by atoms with Crippen molar-refractivity contribution in [3.63, 3.8) is 0 Å². The van der Waals surface area contributed by atoms with Gasteiger partial charge >= 0.3 is 3.98 Å². The van der Waals surface area contributed by atoms with Gasteiger partial charge in [0.1, 0.15) is 5.02 Å². The first-order chi connectivity index (χ1) is 8.44. The van der Waals surface area contributed by atoms with Crippen LogP contribution in [-0.2, 0) is 0 Å². The van der Waals surface area contributed by atoms with E-state index in [0.29, 0.717) is 5.95 Å². The number of nitrogens with zero attached hydrogens (tertiary/aromatic N) is 2. The highest BCUT2D eigenvalue weighted by atomic mass is 35.6. The van der Waals surface area contributed by atoms with Crippen LogP contribution >= 0.6 is 46.4 Å². The first-order valence-electron chi connectivity index (χ1n) is 5.19. The van der Waals surface area contributed by atoms with Crippen LogP contribution in [-0.4, -0.2) is 33.1 Å². The third kappa shape index (κ3) is 4.17. The zero-order valence-electron chi connectivity index (χ0n) is 9.09. The van der Waals surface area contributed by atoms with E-state index in [4.69, 9.17) is 51.1 Å². The molecule has 1 fully saturated rings. The SMILES string of the molecule is Clc1cnc(NC2CCNC2)nc1OC(Cl)(Cl)Cl. The van der Waals surface area contributed by atoms with E-state index in [-0.39, 0.29) is 16.9 Å². The summed E-state index contributed by atoms with van der Waals surface area (Å²) >= 11 is 22.4. The summed E-state index contributed by atoms with van der Waals surface area (Å²) in [6.45, 7) is 1.81. The molecule has 1 aromatic rings. The molecule has 0 aromatic carbocycles. The Bertz CT molecular complexity index is 420. The maximum atomic E-state index is 5.85. The standard InChI is InChI=1S/C9H10Cl4N4O/c10-6-4-15-8(16-5-1-2-14-3-5)17-7(6)18-9(11,12)13/h4-5,14H,1-3H2,(H,15,16,17). The van der Waals surface area contributed by atoms with E-state index < -0.39 is 3.98 Å². The minimum absolute atomic E-state index is 0.0279. The molecule has 2 N–H and O–H groups in total. The topological polar surface area (TPSA) is 59.1 Å². The smallest absolute Gasteiger partial charge is 0.339 e. The van der Waals surface area contributed by atoms with Gasteiger partial charge in [0.2, 0.25) is 11.8 Å². The molecule has 1 unspecified atom stereocenters. The number of hydrogen-bond acceptors (Lipinski definition) is 5. The lowest BCUT2D eigenvalue weighted by Gasteiger charge is -2.15. The second-order valence-electron chi connectivity index (χ2n) is 3.73. The Balaban J connectivity index is 2.10. The van der Waals surface area contributed by atoms with Gasteiger partial charge in [0, 0.05) is 12.6 Å². The number of halogens is 4. The van der Waals surface area contributed by atoms with Gasteiger partial charge in [-0.2, -0.15) is 4.98 Å². The van der Waals surface area contributed by atoms with E-state index in [2.05, 4.69) is 20.6 Å². The minimum Gasteiger partial charge on any atom is -0.426 e. The van der Waals surface area contributed by atoms with Gasteiger partial charge in [0.15, 0.2) is 0 Å². The number of nitrogens with one attached hydrogen (secondary N) is 2. The number of aromatic nitrogens is 2. The van der Waals surface area contributed by atoms with Crippen molar-refractivity contribution >= 4 is 52.4 Å². The van der Waals surface area contributed by atoms with E-state index in [1.54, 1.807) is 0 Å².